The molecule has 25 heavy (non-hydrogen) atoms. The molecule has 0 saturated carbocycles. The second kappa shape index (κ2) is 7.29. The van der Waals surface area contributed by atoms with Gasteiger partial charge in [0.15, 0.2) is 6.61 Å². The van der Waals surface area contributed by atoms with Gasteiger partial charge in [0, 0.05) is 22.0 Å². The van der Waals surface area contributed by atoms with Crippen molar-refractivity contribution in [1.82, 2.24) is 0 Å². The Morgan fingerprint density at radius 3 is 2.80 bits per heavy atom. The summed E-state index contributed by atoms with van der Waals surface area (Å²) in [4.78, 5) is 23.5. The minimum atomic E-state index is -0.454. The Balaban J connectivity index is 1.77. The lowest BCUT2D eigenvalue weighted by Gasteiger charge is -2.11. The molecule has 1 aromatic heterocycles. The predicted octanol–water partition coefficient (Wildman–Crippen LogP) is 4.53. The molecule has 1 heterocycles. The van der Waals surface area contributed by atoms with Gasteiger partial charge >= 0.3 is 5.63 Å². The van der Waals surface area contributed by atoms with Gasteiger partial charge in [0.1, 0.15) is 11.3 Å². The lowest BCUT2D eigenvalue weighted by atomic mass is 10.1. The van der Waals surface area contributed by atoms with Gasteiger partial charge in [-0.15, -0.1) is 0 Å². The highest BCUT2D eigenvalue weighted by Crippen LogP contribution is 2.31. The van der Waals surface area contributed by atoms with Crippen LogP contribution in [0.25, 0.3) is 11.0 Å². The fourth-order valence-electron chi connectivity index (χ4n) is 2.32. The number of aryl methyl sites for hydroxylation is 1. The van der Waals surface area contributed by atoms with E-state index in [2.05, 4.69) is 21.2 Å². The van der Waals surface area contributed by atoms with Gasteiger partial charge in [-0.1, -0.05) is 23.7 Å². The molecule has 1 N–H and O–H groups in total. The van der Waals surface area contributed by atoms with Crippen LogP contribution < -0.4 is 15.7 Å². The first kappa shape index (κ1) is 17.5. The van der Waals surface area contributed by atoms with Crippen LogP contribution in [-0.4, -0.2) is 12.5 Å². The van der Waals surface area contributed by atoms with E-state index in [1.54, 1.807) is 19.1 Å². The summed E-state index contributed by atoms with van der Waals surface area (Å²) in [5, 5.41) is 3.78. The van der Waals surface area contributed by atoms with Gasteiger partial charge in [-0.3, -0.25) is 4.79 Å². The highest BCUT2D eigenvalue weighted by molar-refractivity contribution is 9.10. The van der Waals surface area contributed by atoms with Crippen molar-refractivity contribution in [3.8, 4) is 5.75 Å². The molecule has 0 spiro atoms. The molecule has 3 rings (SSSR count). The largest absolute Gasteiger partial charge is 0.482 e. The molecule has 3 aromatic rings. The first-order chi connectivity index (χ1) is 11.9. The SMILES string of the molecule is Cc1cc(=O)oc2cc(OCC(=O)Nc3ccccc3Br)c(Cl)cc12. The van der Waals surface area contributed by atoms with Gasteiger partial charge < -0.3 is 14.5 Å². The van der Waals surface area contributed by atoms with E-state index in [-0.39, 0.29) is 18.3 Å². The number of ether oxygens (including phenoxy) is 1. The summed E-state index contributed by atoms with van der Waals surface area (Å²) in [6.45, 7) is 1.56. The Morgan fingerprint density at radius 2 is 2.04 bits per heavy atom. The molecular weight excluding hydrogens is 410 g/mol. The second-order valence-electron chi connectivity index (χ2n) is 5.34. The first-order valence-corrected chi connectivity index (χ1v) is 8.52. The van der Waals surface area contributed by atoms with Crippen molar-refractivity contribution in [3.05, 3.63) is 67.9 Å². The molecule has 0 radical (unpaired) electrons. The van der Waals surface area contributed by atoms with Crippen LogP contribution in [0.1, 0.15) is 5.56 Å². The smallest absolute Gasteiger partial charge is 0.336 e. The molecule has 0 bridgehead atoms. The molecule has 0 saturated heterocycles. The first-order valence-electron chi connectivity index (χ1n) is 7.35. The number of para-hydroxylation sites is 1. The molecule has 1 amide bonds. The summed E-state index contributed by atoms with van der Waals surface area (Å²) < 4.78 is 11.4. The number of anilines is 1. The number of halogens is 2. The van der Waals surface area contributed by atoms with Crippen molar-refractivity contribution in [3.63, 3.8) is 0 Å². The normalized spacial score (nSPS) is 10.7. The average Bonchev–Trinajstić information content (AvgIpc) is 2.56. The summed E-state index contributed by atoms with van der Waals surface area (Å²) in [5.41, 5.74) is 1.30. The zero-order chi connectivity index (χ0) is 18.0. The molecule has 5 nitrogen and oxygen atoms in total. The van der Waals surface area contributed by atoms with E-state index in [4.69, 9.17) is 20.8 Å². The number of nitrogens with one attached hydrogen (secondary N) is 1. The van der Waals surface area contributed by atoms with E-state index in [1.165, 1.54) is 12.1 Å². The molecule has 0 aliphatic heterocycles. The number of fused-ring (bicyclic) bond motifs is 1. The quantitative estimate of drug-likeness (QED) is 0.627. The van der Waals surface area contributed by atoms with Crippen LogP contribution in [0.3, 0.4) is 0 Å². The van der Waals surface area contributed by atoms with Gasteiger partial charge in [-0.2, -0.15) is 0 Å². The van der Waals surface area contributed by atoms with Gasteiger partial charge in [-0.05, 0) is 46.6 Å². The monoisotopic (exact) mass is 421 g/mol. The van der Waals surface area contributed by atoms with Gasteiger partial charge in [0.2, 0.25) is 0 Å². The Kier molecular flexibility index (Phi) is 5.11. The number of hydrogen-bond acceptors (Lipinski definition) is 4. The topological polar surface area (TPSA) is 68.5 Å². The molecule has 0 fully saturated rings. The molecule has 0 unspecified atom stereocenters. The molecule has 0 aliphatic rings. The minimum Gasteiger partial charge on any atom is -0.482 e. The summed E-state index contributed by atoms with van der Waals surface area (Å²) >= 11 is 9.55. The summed E-state index contributed by atoms with van der Waals surface area (Å²) in [5.74, 6) is -0.0704. The number of rotatable bonds is 4. The van der Waals surface area contributed by atoms with E-state index < -0.39 is 5.63 Å². The third kappa shape index (κ3) is 4.03. The van der Waals surface area contributed by atoms with Crippen LogP contribution in [-0.2, 0) is 4.79 Å². The molecule has 2 aromatic carbocycles. The van der Waals surface area contributed by atoms with Crippen LogP contribution in [0.2, 0.25) is 5.02 Å². The van der Waals surface area contributed by atoms with Gasteiger partial charge in [-0.25, -0.2) is 4.79 Å². The third-order valence-corrected chi connectivity index (χ3v) is 4.50. The summed E-state index contributed by atoms with van der Waals surface area (Å²) in [7, 11) is 0. The standard InChI is InChI=1S/C18H13BrClNO4/c1-10-6-18(23)25-15-8-16(13(20)7-11(10)15)24-9-17(22)21-14-5-3-2-4-12(14)19/h2-8H,9H2,1H3,(H,21,22). The minimum absolute atomic E-state index is 0.234. The van der Waals surface area contributed by atoms with Crippen molar-refractivity contribution in [2.24, 2.45) is 0 Å². The fraction of sp³-hybridized carbons (Fsp3) is 0.111. The Morgan fingerprint density at radius 1 is 1.28 bits per heavy atom. The lowest BCUT2D eigenvalue weighted by molar-refractivity contribution is -0.118. The van der Waals surface area contributed by atoms with Crippen LogP contribution in [0.4, 0.5) is 5.69 Å². The highest BCUT2D eigenvalue weighted by Gasteiger charge is 2.11. The van der Waals surface area contributed by atoms with Crippen molar-refractivity contribution in [2.45, 2.75) is 6.92 Å². The zero-order valence-electron chi connectivity index (χ0n) is 13.1. The van der Waals surface area contributed by atoms with Gasteiger partial charge in [0.05, 0.1) is 10.7 Å². The number of carbonyl (C=O) groups excluding carboxylic acids is 1. The summed E-state index contributed by atoms with van der Waals surface area (Å²) in [6, 6.07) is 11.8. The van der Waals surface area contributed by atoms with E-state index in [9.17, 15) is 9.59 Å². The fourth-order valence-corrected chi connectivity index (χ4v) is 2.92. The number of hydrogen-bond donors (Lipinski definition) is 1. The van der Waals surface area contributed by atoms with Crippen molar-refractivity contribution in [1.29, 1.82) is 0 Å². The molecule has 7 heteroatoms. The Labute approximate surface area is 156 Å². The zero-order valence-corrected chi connectivity index (χ0v) is 15.5. The maximum atomic E-state index is 12.0. The average molecular weight is 423 g/mol. The van der Waals surface area contributed by atoms with Crippen LogP contribution in [0, 0.1) is 6.92 Å². The van der Waals surface area contributed by atoms with Crippen LogP contribution in [0.5, 0.6) is 5.75 Å². The lowest BCUT2D eigenvalue weighted by Crippen LogP contribution is -2.20. The molecule has 128 valence electrons. The van der Waals surface area contributed by atoms with E-state index in [1.807, 2.05) is 18.2 Å². The van der Waals surface area contributed by atoms with E-state index >= 15 is 0 Å². The highest BCUT2D eigenvalue weighted by atomic mass is 79.9. The van der Waals surface area contributed by atoms with Crippen molar-refractivity contribution in [2.75, 3.05) is 11.9 Å². The van der Waals surface area contributed by atoms with Crippen molar-refractivity contribution < 1.29 is 13.9 Å². The van der Waals surface area contributed by atoms with E-state index in [0.717, 1.165) is 15.4 Å². The van der Waals surface area contributed by atoms with Crippen LogP contribution >= 0.6 is 27.5 Å². The van der Waals surface area contributed by atoms with Crippen molar-refractivity contribution >= 4 is 50.1 Å². The number of carbonyl (C=O) groups is 1. The maximum Gasteiger partial charge on any atom is 0.336 e. The van der Waals surface area contributed by atoms with Gasteiger partial charge in [0.25, 0.3) is 5.91 Å². The Hall–Kier alpha value is -2.31. The Bertz CT molecular complexity index is 1020. The maximum absolute atomic E-state index is 12.0. The number of benzene rings is 2. The predicted molar refractivity (Wildman–Crippen MR) is 100 cm³/mol. The van der Waals surface area contributed by atoms with E-state index in [0.29, 0.717) is 16.3 Å². The second-order valence-corrected chi connectivity index (χ2v) is 6.61. The van der Waals surface area contributed by atoms with Crippen LogP contribution in [0.15, 0.2) is 56.1 Å². The molecular formula is C18H13BrClNO4. The molecule has 0 atom stereocenters. The molecule has 0 aliphatic carbocycles. The summed E-state index contributed by atoms with van der Waals surface area (Å²) in [6.07, 6.45) is 0. The number of amides is 1. The third-order valence-electron chi connectivity index (χ3n) is 3.51.